The van der Waals surface area contributed by atoms with Crippen LogP contribution in [-0.2, 0) is 28.5 Å². The molecule has 0 radical (unpaired) electrons. The van der Waals surface area contributed by atoms with E-state index in [9.17, 15) is 19.2 Å². The number of carbonyl (C=O) groups is 4. The topological polar surface area (TPSA) is 120 Å². The molecule has 0 spiro atoms. The number of nitrogens with zero attached hydrogens (tertiary/aromatic N) is 1. The van der Waals surface area contributed by atoms with Crippen LogP contribution in [0.4, 0.5) is 9.59 Å². The highest BCUT2D eigenvalue weighted by molar-refractivity contribution is 8.00. The Morgan fingerprint density at radius 2 is 1.94 bits per heavy atom. The normalized spacial score (nSPS) is 22.4. The Labute approximate surface area is 185 Å². The molecule has 4 atom stereocenters. The van der Waals surface area contributed by atoms with Gasteiger partial charge in [-0.05, 0) is 13.3 Å². The van der Waals surface area contributed by atoms with Gasteiger partial charge in [-0.3, -0.25) is 9.59 Å². The fraction of sp³-hybridized carbons (Fsp3) is 0.600. The molecule has 2 saturated heterocycles. The molecule has 2 aliphatic rings. The second-order valence-electron chi connectivity index (χ2n) is 6.94. The van der Waals surface area contributed by atoms with Crippen molar-refractivity contribution in [2.45, 2.75) is 36.5 Å². The summed E-state index contributed by atoms with van der Waals surface area (Å²) in [5.74, 6) is -0.917. The summed E-state index contributed by atoms with van der Waals surface area (Å²) in [7, 11) is 0. The lowest BCUT2D eigenvalue weighted by Crippen LogP contribution is -2.60. The van der Waals surface area contributed by atoms with Crippen LogP contribution >= 0.6 is 11.8 Å². The SMILES string of the molecule is C=CCOC(=O)NCCCC(=O)OCC1CN2C(=O)[C@H]([C@@H](C)OC(=O)OCC=C)[C@H]2S1. The standard InChI is InChI=1S/C20H28N2O8S/c1-4-9-27-19(25)21-8-6-7-15(23)29-12-14-11-22-17(24)16(18(22)31-14)13(3)30-20(26)28-10-5-2/h4-5,13-14,16,18H,1-2,6-12H2,3H3,(H,21,25)/t13-,14?,16+,18-/m1/s1. The number of amides is 2. The molecule has 172 valence electrons. The molecule has 0 bridgehead atoms. The van der Waals surface area contributed by atoms with Gasteiger partial charge in [-0.25, -0.2) is 9.59 Å². The fourth-order valence-corrected chi connectivity index (χ4v) is 4.77. The van der Waals surface area contributed by atoms with E-state index in [0.717, 1.165) is 0 Å². The van der Waals surface area contributed by atoms with Crippen LogP contribution in [0, 0.1) is 5.92 Å². The Kier molecular flexibility index (Phi) is 9.70. The Hall–Kier alpha value is -2.69. The number of alkyl carbamates (subject to hydrolysis) is 1. The number of fused-ring (bicyclic) bond motifs is 1. The number of rotatable bonds is 12. The van der Waals surface area contributed by atoms with E-state index >= 15 is 0 Å². The molecule has 0 aromatic carbocycles. The van der Waals surface area contributed by atoms with Gasteiger partial charge in [0.25, 0.3) is 0 Å². The molecule has 2 fully saturated rings. The van der Waals surface area contributed by atoms with E-state index in [2.05, 4.69) is 18.5 Å². The number of β-lactam (4-membered cyclic amide) rings is 1. The molecule has 2 aliphatic heterocycles. The van der Waals surface area contributed by atoms with Crippen molar-refractivity contribution in [1.82, 2.24) is 10.2 Å². The molecule has 10 nitrogen and oxygen atoms in total. The van der Waals surface area contributed by atoms with Gasteiger partial charge in [0.1, 0.15) is 31.8 Å². The summed E-state index contributed by atoms with van der Waals surface area (Å²) in [5, 5.41) is 2.35. The highest BCUT2D eigenvalue weighted by atomic mass is 32.2. The van der Waals surface area contributed by atoms with Gasteiger partial charge in [0.05, 0.1) is 10.6 Å². The van der Waals surface area contributed by atoms with E-state index in [0.29, 0.717) is 19.5 Å². The van der Waals surface area contributed by atoms with Crippen molar-refractivity contribution in [3.8, 4) is 0 Å². The van der Waals surface area contributed by atoms with Gasteiger partial charge in [0, 0.05) is 19.5 Å². The molecule has 2 heterocycles. The maximum atomic E-state index is 12.4. The fourth-order valence-electron chi connectivity index (χ4n) is 3.14. The maximum absolute atomic E-state index is 12.4. The molecule has 0 aliphatic carbocycles. The van der Waals surface area contributed by atoms with E-state index in [1.165, 1.54) is 23.9 Å². The van der Waals surface area contributed by atoms with Gasteiger partial charge >= 0.3 is 18.2 Å². The molecular weight excluding hydrogens is 428 g/mol. The van der Waals surface area contributed by atoms with Gasteiger partial charge in [0.2, 0.25) is 5.91 Å². The molecule has 31 heavy (non-hydrogen) atoms. The third kappa shape index (κ3) is 7.20. The quantitative estimate of drug-likeness (QED) is 0.154. The predicted molar refractivity (Wildman–Crippen MR) is 112 cm³/mol. The number of ether oxygens (including phenoxy) is 4. The first-order valence-corrected chi connectivity index (χ1v) is 10.9. The zero-order chi connectivity index (χ0) is 22.8. The Morgan fingerprint density at radius 3 is 2.65 bits per heavy atom. The Morgan fingerprint density at radius 1 is 1.23 bits per heavy atom. The second-order valence-corrected chi connectivity index (χ2v) is 8.36. The summed E-state index contributed by atoms with van der Waals surface area (Å²) in [6.45, 7) is 9.66. The molecule has 1 unspecified atom stereocenters. The Balaban J connectivity index is 1.64. The summed E-state index contributed by atoms with van der Waals surface area (Å²) < 4.78 is 20.0. The molecule has 2 amide bonds. The third-order valence-electron chi connectivity index (χ3n) is 4.61. The van der Waals surface area contributed by atoms with E-state index in [1.807, 2.05) is 0 Å². The van der Waals surface area contributed by atoms with E-state index in [4.69, 9.17) is 18.9 Å². The minimum Gasteiger partial charge on any atom is -0.464 e. The lowest BCUT2D eigenvalue weighted by molar-refractivity contribution is -0.156. The van der Waals surface area contributed by atoms with Crippen LogP contribution in [0.2, 0.25) is 0 Å². The largest absolute Gasteiger partial charge is 0.508 e. The highest BCUT2D eigenvalue weighted by Gasteiger charge is 2.56. The van der Waals surface area contributed by atoms with E-state index in [-0.39, 0.29) is 48.7 Å². The first-order valence-electron chi connectivity index (χ1n) is 9.94. The summed E-state index contributed by atoms with van der Waals surface area (Å²) in [6.07, 6.45) is 1.45. The summed E-state index contributed by atoms with van der Waals surface area (Å²) in [4.78, 5) is 48.8. The summed E-state index contributed by atoms with van der Waals surface area (Å²) >= 11 is 1.53. The van der Waals surface area contributed by atoms with Crippen LogP contribution < -0.4 is 5.32 Å². The summed E-state index contributed by atoms with van der Waals surface area (Å²) in [5.41, 5.74) is 0. The van der Waals surface area contributed by atoms with Crippen LogP contribution in [0.3, 0.4) is 0 Å². The molecule has 0 aromatic heterocycles. The minimum atomic E-state index is -0.837. The second kappa shape index (κ2) is 12.2. The monoisotopic (exact) mass is 456 g/mol. The molecule has 2 rings (SSSR count). The van der Waals surface area contributed by atoms with Gasteiger partial charge < -0.3 is 29.2 Å². The molecule has 1 N–H and O–H groups in total. The van der Waals surface area contributed by atoms with Crippen molar-refractivity contribution in [3.63, 3.8) is 0 Å². The number of carbonyl (C=O) groups excluding carboxylic acids is 4. The number of hydrogen-bond acceptors (Lipinski definition) is 9. The predicted octanol–water partition coefficient (Wildman–Crippen LogP) is 1.85. The number of thioether (sulfide) groups is 1. The van der Waals surface area contributed by atoms with Crippen molar-refractivity contribution < 1.29 is 38.1 Å². The first kappa shape index (κ1) is 24.6. The molecule has 0 aromatic rings. The van der Waals surface area contributed by atoms with Crippen LogP contribution in [0.5, 0.6) is 0 Å². The van der Waals surface area contributed by atoms with Gasteiger partial charge in [-0.15, -0.1) is 11.8 Å². The lowest BCUT2D eigenvalue weighted by Gasteiger charge is -2.43. The molecular formula is C20H28N2O8S. The van der Waals surface area contributed by atoms with Crippen LogP contribution in [0.25, 0.3) is 0 Å². The average Bonchev–Trinajstić information content (AvgIpc) is 3.10. The van der Waals surface area contributed by atoms with Gasteiger partial charge in [-0.2, -0.15) is 0 Å². The zero-order valence-electron chi connectivity index (χ0n) is 17.4. The van der Waals surface area contributed by atoms with Crippen LogP contribution in [0.15, 0.2) is 25.3 Å². The zero-order valence-corrected chi connectivity index (χ0v) is 18.3. The van der Waals surface area contributed by atoms with Crippen molar-refractivity contribution in [1.29, 1.82) is 0 Å². The minimum absolute atomic E-state index is 0.0391. The van der Waals surface area contributed by atoms with Gasteiger partial charge in [0.15, 0.2) is 0 Å². The van der Waals surface area contributed by atoms with Crippen LogP contribution in [-0.4, -0.2) is 78.7 Å². The third-order valence-corrected chi connectivity index (χ3v) is 6.11. The molecule has 0 saturated carbocycles. The summed E-state index contributed by atoms with van der Waals surface area (Å²) in [6, 6.07) is 0. The maximum Gasteiger partial charge on any atom is 0.508 e. The number of nitrogens with one attached hydrogen (secondary N) is 1. The average molecular weight is 457 g/mol. The van der Waals surface area contributed by atoms with Gasteiger partial charge in [-0.1, -0.05) is 25.3 Å². The first-order chi connectivity index (χ1) is 14.9. The molecule has 11 heteroatoms. The number of hydrogen-bond donors (Lipinski definition) is 1. The Bertz CT molecular complexity index is 701. The van der Waals surface area contributed by atoms with Crippen molar-refractivity contribution in [2.75, 3.05) is 32.9 Å². The van der Waals surface area contributed by atoms with Crippen molar-refractivity contribution in [3.05, 3.63) is 25.3 Å². The highest BCUT2D eigenvalue weighted by Crippen LogP contribution is 2.45. The van der Waals surface area contributed by atoms with Crippen molar-refractivity contribution in [2.24, 2.45) is 5.92 Å². The van der Waals surface area contributed by atoms with Crippen molar-refractivity contribution >= 4 is 35.9 Å². The van der Waals surface area contributed by atoms with Crippen LogP contribution in [0.1, 0.15) is 19.8 Å². The number of esters is 1. The van der Waals surface area contributed by atoms with E-state index < -0.39 is 24.3 Å². The smallest absolute Gasteiger partial charge is 0.464 e. The lowest BCUT2D eigenvalue weighted by atomic mass is 9.93. The van der Waals surface area contributed by atoms with E-state index in [1.54, 1.807) is 11.8 Å².